The molecule has 1 rings (SSSR count). The molecule has 0 saturated carbocycles. The molecular weight excluding hydrogens is 208 g/mol. The molecule has 0 aliphatic carbocycles. The molecule has 0 aliphatic heterocycles. The van der Waals surface area contributed by atoms with Crippen molar-refractivity contribution in [3.63, 3.8) is 0 Å². The van der Waals surface area contributed by atoms with Crippen LogP contribution in [0.2, 0.25) is 0 Å². The van der Waals surface area contributed by atoms with Crippen molar-refractivity contribution in [2.75, 3.05) is 6.61 Å². The van der Waals surface area contributed by atoms with Gasteiger partial charge in [0.15, 0.2) is 0 Å². The molecule has 0 amide bonds. The molecule has 0 aliphatic rings. The van der Waals surface area contributed by atoms with E-state index >= 15 is 0 Å². The van der Waals surface area contributed by atoms with Crippen molar-refractivity contribution in [2.24, 2.45) is 11.7 Å². The van der Waals surface area contributed by atoms with Crippen molar-refractivity contribution in [3.8, 4) is 0 Å². The highest BCUT2D eigenvalue weighted by atomic mass is 16.3. The lowest BCUT2D eigenvalue weighted by Crippen LogP contribution is -2.22. The van der Waals surface area contributed by atoms with Gasteiger partial charge in [-0.25, -0.2) is 4.68 Å². The van der Waals surface area contributed by atoms with Crippen LogP contribution in [0.1, 0.15) is 25.2 Å². The van der Waals surface area contributed by atoms with Gasteiger partial charge in [-0.2, -0.15) is 0 Å². The first-order chi connectivity index (χ1) is 7.58. The summed E-state index contributed by atoms with van der Waals surface area (Å²) in [4.78, 5) is 0. The zero-order valence-corrected chi connectivity index (χ0v) is 9.80. The van der Waals surface area contributed by atoms with Gasteiger partial charge in [0, 0.05) is 6.54 Å². The highest BCUT2D eigenvalue weighted by Gasteiger charge is 2.15. The van der Waals surface area contributed by atoms with Gasteiger partial charge in [-0.3, -0.25) is 0 Å². The Morgan fingerprint density at radius 3 is 2.62 bits per heavy atom. The van der Waals surface area contributed by atoms with Crippen LogP contribution in [-0.4, -0.2) is 37.9 Å². The number of nitrogens with zero attached hydrogens (tertiary/aromatic N) is 3. The minimum absolute atomic E-state index is 0.256. The zero-order chi connectivity index (χ0) is 12.1. The highest BCUT2D eigenvalue weighted by molar-refractivity contribution is 5.10. The predicted octanol–water partition coefficient (Wildman–Crippen LogP) is -0.712. The van der Waals surface area contributed by atoms with Crippen LogP contribution in [-0.2, 0) is 19.5 Å². The maximum absolute atomic E-state index is 9.38. The monoisotopic (exact) mass is 228 g/mol. The summed E-state index contributed by atoms with van der Waals surface area (Å²) >= 11 is 0. The molecule has 1 aromatic rings. The smallest absolute Gasteiger partial charge is 0.0994 e. The SMILES string of the molecule is CC(C)Cc1c(CN)nnn1CC(O)CO. The fourth-order valence-corrected chi connectivity index (χ4v) is 1.54. The normalized spacial score (nSPS) is 13.4. The summed E-state index contributed by atoms with van der Waals surface area (Å²) in [5, 5.41) is 26.1. The quantitative estimate of drug-likeness (QED) is 0.597. The standard InChI is InChI=1S/C10H20N4O2/c1-7(2)3-10-9(4-11)12-13-14(10)5-8(16)6-15/h7-8,15-16H,3-6,11H2,1-2H3. The molecule has 0 aromatic carbocycles. The van der Waals surface area contributed by atoms with Gasteiger partial charge in [-0.1, -0.05) is 19.1 Å². The average molecular weight is 228 g/mol. The Hall–Kier alpha value is -0.980. The van der Waals surface area contributed by atoms with Crippen LogP contribution in [0, 0.1) is 5.92 Å². The summed E-state index contributed by atoms with van der Waals surface area (Å²) in [7, 11) is 0. The van der Waals surface area contributed by atoms with Crippen LogP contribution >= 0.6 is 0 Å². The number of hydrogen-bond acceptors (Lipinski definition) is 5. The van der Waals surface area contributed by atoms with Crippen molar-refractivity contribution in [2.45, 2.75) is 39.5 Å². The number of nitrogens with two attached hydrogens (primary N) is 1. The fraction of sp³-hybridized carbons (Fsp3) is 0.800. The van der Waals surface area contributed by atoms with Crippen LogP contribution in [0.5, 0.6) is 0 Å². The molecule has 92 valence electrons. The van der Waals surface area contributed by atoms with Crippen LogP contribution < -0.4 is 5.73 Å². The zero-order valence-electron chi connectivity index (χ0n) is 9.80. The lowest BCUT2D eigenvalue weighted by atomic mass is 10.1. The maximum Gasteiger partial charge on any atom is 0.0994 e. The second kappa shape index (κ2) is 5.93. The van der Waals surface area contributed by atoms with Gasteiger partial charge >= 0.3 is 0 Å². The highest BCUT2D eigenvalue weighted by Crippen LogP contribution is 2.11. The number of aromatic nitrogens is 3. The van der Waals surface area contributed by atoms with Crippen molar-refractivity contribution in [3.05, 3.63) is 11.4 Å². The van der Waals surface area contributed by atoms with Gasteiger partial charge in [-0.15, -0.1) is 5.10 Å². The van der Waals surface area contributed by atoms with E-state index < -0.39 is 6.10 Å². The Labute approximate surface area is 95.1 Å². The Balaban J connectivity index is 2.86. The predicted molar refractivity (Wildman–Crippen MR) is 59.5 cm³/mol. The molecule has 0 radical (unpaired) electrons. The molecule has 1 atom stereocenters. The van der Waals surface area contributed by atoms with Crippen LogP contribution in [0.15, 0.2) is 0 Å². The molecule has 0 saturated heterocycles. The van der Waals surface area contributed by atoms with Gasteiger partial charge in [0.1, 0.15) is 0 Å². The Morgan fingerprint density at radius 1 is 1.44 bits per heavy atom. The first-order valence-corrected chi connectivity index (χ1v) is 5.48. The second-order valence-electron chi connectivity index (χ2n) is 4.30. The molecule has 1 unspecified atom stereocenters. The molecule has 6 nitrogen and oxygen atoms in total. The lowest BCUT2D eigenvalue weighted by molar-refractivity contribution is 0.0769. The molecular formula is C10H20N4O2. The minimum Gasteiger partial charge on any atom is -0.394 e. The molecule has 16 heavy (non-hydrogen) atoms. The van der Waals surface area contributed by atoms with E-state index in [-0.39, 0.29) is 13.2 Å². The number of aliphatic hydroxyl groups is 2. The van der Waals surface area contributed by atoms with Gasteiger partial charge in [0.2, 0.25) is 0 Å². The molecule has 6 heteroatoms. The molecule has 0 bridgehead atoms. The van der Waals surface area contributed by atoms with E-state index in [4.69, 9.17) is 10.8 Å². The summed E-state index contributed by atoms with van der Waals surface area (Å²) in [6, 6.07) is 0. The van der Waals surface area contributed by atoms with E-state index in [1.807, 2.05) is 0 Å². The maximum atomic E-state index is 9.38. The summed E-state index contributed by atoms with van der Waals surface area (Å²) < 4.78 is 1.63. The van der Waals surface area contributed by atoms with Gasteiger partial charge in [0.05, 0.1) is 30.6 Å². The minimum atomic E-state index is -0.807. The van der Waals surface area contributed by atoms with E-state index in [1.54, 1.807) is 4.68 Å². The Kier molecular flexibility index (Phi) is 4.85. The molecule has 4 N–H and O–H groups in total. The third-order valence-electron chi connectivity index (χ3n) is 2.31. The summed E-state index contributed by atoms with van der Waals surface area (Å²) in [5.41, 5.74) is 7.29. The number of rotatable bonds is 6. The van der Waals surface area contributed by atoms with Crippen molar-refractivity contribution in [1.29, 1.82) is 0 Å². The van der Waals surface area contributed by atoms with Crippen molar-refractivity contribution < 1.29 is 10.2 Å². The molecule has 1 heterocycles. The van der Waals surface area contributed by atoms with Crippen molar-refractivity contribution >= 4 is 0 Å². The van der Waals surface area contributed by atoms with Gasteiger partial charge in [-0.05, 0) is 12.3 Å². The summed E-state index contributed by atoms with van der Waals surface area (Å²) in [6.07, 6.45) is 0.00996. The van der Waals surface area contributed by atoms with Gasteiger partial charge in [0.25, 0.3) is 0 Å². The third-order valence-corrected chi connectivity index (χ3v) is 2.31. The van der Waals surface area contributed by atoms with E-state index in [0.717, 1.165) is 17.8 Å². The first kappa shape index (κ1) is 13.1. The average Bonchev–Trinajstić information content (AvgIpc) is 2.60. The lowest BCUT2D eigenvalue weighted by Gasteiger charge is -2.12. The summed E-state index contributed by atoms with van der Waals surface area (Å²) in [6.45, 7) is 4.52. The fourth-order valence-electron chi connectivity index (χ4n) is 1.54. The molecule has 1 aromatic heterocycles. The Morgan fingerprint density at radius 2 is 2.12 bits per heavy atom. The topological polar surface area (TPSA) is 97.2 Å². The van der Waals surface area contributed by atoms with E-state index in [1.165, 1.54) is 0 Å². The van der Waals surface area contributed by atoms with Crippen LogP contribution in [0.3, 0.4) is 0 Å². The van der Waals surface area contributed by atoms with Crippen LogP contribution in [0.25, 0.3) is 0 Å². The summed E-state index contributed by atoms with van der Waals surface area (Å²) in [5.74, 6) is 0.466. The van der Waals surface area contributed by atoms with E-state index in [2.05, 4.69) is 24.2 Å². The third kappa shape index (κ3) is 3.26. The molecule has 0 spiro atoms. The van der Waals surface area contributed by atoms with Crippen LogP contribution in [0.4, 0.5) is 0 Å². The number of aliphatic hydroxyl groups excluding tert-OH is 2. The number of hydrogen-bond donors (Lipinski definition) is 3. The molecule has 0 fully saturated rings. The van der Waals surface area contributed by atoms with Crippen molar-refractivity contribution in [1.82, 2.24) is 15.0 Å². The largest absolute Gasteiger partial charge is 0.394 e. The van der Waals surface area contributed by atoms with Gasteiger partial charge < -0.3 is 15.9 Å². The van der Waals surface area contributed by atoms with E-state index in [0.29, 0.717) is 12.5 Å². The second-order valence-corrected chi connectivity index (χ2v) is 4.30. The Bertz CT molecular complexity index is 325. The van der Waals surface area contributed by atoms with E-state index in [9.17, 15) is 5.11 Å². The first-order valence-electron chi connectivity index (χ1n) is 5.48.